The number of hydrogen-bond acceptors (Lipinski definition) is 4. The van der Waals surface area contributed by atoms with E-state index in [-0.39, 0.29) is 6.04 Å². The molecule has 5 nitrogen and oxygen atoms in total. The molecule has 1 aromatic heterocycles. The summed E-state index contributed by atoms with van der Waals surface area (Å²) >= 11 is 0. The van der Waals surface area contributed by atoms with Gasteiger partial charge in [-0.05, 0) is 31.9 Å². The first-order chi connectivity index (χ1) is 10.4. The molecule has 0 spiro atoms. The van der Waals surface area contributed by atoms with E-state index in [0.29, 0.717) is 0 Å². The Kier molecular flexibility index (Phi) is 4.06. The van der Waals surface area contributed by atoms with Crippen molar-refractivity contribution in [2.75, 3.05) is 24.2 Å². The Morgan fingerprint density at radius 2 is 1.91 bits per heavy atom. The summed E-state index contributed by atoms with van der Waals surface area (Å²) < 4.78 is 25.4. The van der Waals surface area contributed by atoms with Crippen molar-refractivity contribution in [2.45, 2.75) is 25.8 Å². The molecular formula is C16H21N3O2S. The number of pyridine rings is 1. The molecule has 1 aliphatic rings. The highest BCUT2D eigenvalue weighted by molar-refractivity contribution is 7.88. The summed E-state index contributed by atoms with van der Waals surface area (Å²) in [5.74, 6) is 0. The van der Waals surface area contributed by atoms with Gasteiger partial charge in [0.1, 0.15) is 0 Å². The van der Waals surface area contributed by atoms with Crippen LogP contribution in [0.4, 0.5) is 5.69 Å². The normalized spacial score (nSPS) is 17.1. The molecule has 0 unspecified atom stereocenters. The molecule has 22 heavy (non-hydrogen) atoms. The summed E-state index contributed by atoms with van der Waals surface area (Å²) in [4.78, 5) is 6.91. The minimum absolute atomic E-state index is 0.0421. The van der Waals surface area contributed by atoms with Gasteiger partial charge in [-0.3, -0.25) is 4.98 Å². The highest BCUT2D eigenvalue weighted by Crippen LogP contribution is 2.29. The zero-order valence-corrected chi connectivity index (χ0v) is 13.7. The van der Waals surface area contributed by atoms with E-state index in [4.69, 9.17) is 0 Å². The largest absolute Gasteiger partial charge is 0.371 e. The van der Waals surface area contributed by atoms with Crippen molar-refractivity contribution in [3.05, 3.63) is 36.0 Å². The lowest BCUT2D eigenvalue weighted by atomic mass is 10.0. The predicted molar refractivity (Wildman–Crippen MR) is 89.7 cm³/mol. The van der Waals surface area contributed by atoms with Crippen molar-refractivity contribution in [3.63, 3.8) is 0 Å². The Morgan fingerprint density at radius 3 is 2.59 bits per heavy atom. The molecule has 0 radical (unpaired) electrons. The highest BCUT2D eigenvalue weighted by Gasteiger charge is 2.23. The lowest BCUT2D eigenvalue weighted by molar-refractivity contribution is 0.462. The summed E-state index contributed by atoms with van der Waals surface area (Å²) in [7, 11) is -3.13. The van der Waals surface area contributed by atoms with Crippen LogP contribution in [0.2, 0.25) is 0 Å². The van der Waals surface area contributed by atoms with Crippen LogP contribution in [0.5, 0.6) is 0 Å². The summed E-state index contributed by atoms with van der Waals surface area (Å²) in [6.45, 7) is 3.70. The number of nitrogens with one attached hydrogen (secondary N) is 1. The maximum atomic E-state index is 11.3. The van der Waals surface area contributed by atoms with Crippen LogP contribution in [-0.2, 0) is 10.0 Å². The first-order valence-corrected chi connectivity index (χ1v) is 9.40. The number of benzene rings is 1. The Morgan fingerprint density at radius 1 is 1.23 bits per heavy atom. The van der Waals surface area contributed by atoms with E-state index in [1.165, 1.54) is 11.9 Å². The second-order valence-corrected chi connectivity index (χ2v) is 7.73. The molecule has 1 saturated heterocycles. The Labute approximate surface area is 131 Å². The molecule has 118 valence electrons. The summed E-state index contributed by atoms with van der Waals surface area (Å²) in [5, 5.41) is 1.16. The van der Waals surface area contributed by atoms with Crippen molar-refractivity contribution in [1.82, 2.24) is 9.71 Å². The molecule has 3 rings (SSSR count). The Bertz CT molecular complexity index is 781. The number of aryl methyl sites for hydroxylation is 1. The van der Waals surface area contributed by atoms with Crippen molar-refractivity contribution < 1.29 is 8.42 Å². The van der Waals surface area contributed by atoms with Crippen molar-refractivity contribution in [1.29, 1.82) is 0 Å². The second kappa shape index (κ2) is 5.85. The minimum atomic E-state index is -3.13. The minimum Gasteiger partial charge on any atom is -0.371 e. The molecule has 6 heteroatoms. The van der Waals surface area contributed by atoms with Crippen LogP contribution in [0.3, 0.4) is 0 Å². The number of piperidine rings is 1. The van der Waals surface area contributed by atoms with Gasteiger partial charge in [0.15, 0.2) is 0 Å². The van der Waals surface area contributed by atoms with Gasteiger partial charge in [0.25, 0.3) is 0 Å². The second-order valence-electron chi connectivity index (χ2n) is 5.95. The third-order valence-corrected chi connectivity index (χ3v) is 4.80. The standard InChI is InChI=1S/C16H21N3O2S/c1-12-11-16(14-5-3-4-6-15(14)17-12)19-9-7-13(8-10-19)18-22(2,20)21/h3-6,11,13,18H,7-10H2,1-2H3. The van der Waals surface area contributed by atoms with E-state index < -0.39 is 10.0 Å². The van der Waals surface area contributed by atoms with Gasteiger partial charge in [-0.25, -0.2) is 13.1 Å². The number of nitrogens with zero attached hydrogens (tertiary/aromatic N) is 2. The fourth-order valence-corrected chi connectivity index (χ4v) is 3.93. The van der Waals surface area contributed by atoms with E-state index in [0.717, 1.165) is 42.5 Å². The third kappa shape index (κ3) is 3.39. The molecule has 1 fully saturated rings. The number of anilines is 1. The molecule has 0 amide bonds. The fourth-order valence-electron chi connectivity index (χ4n) is 3.09. The van der Waals surface area contributed by atoms with Gasteiger partial charge in [0.05, 0.1) is 11.8 Å². The average molecular weight is 319 g/mol. The van der Waals surface area contributed by atoms with E-state index >= 15 is 0 Å². The first kappa shape index (κ1) is 15.2. The van der Waals surface area contributed by atoms with Crippen molar-refractivity contribution in [2.24, 2.45) is 0 Å². The smallest absolute Gasteiger partial charge is 0.208 e. The monoisotopic (exact) mass is 319 g/mol. The summed E-state index contributed by atoms with van der Waals surface area (Å²) in [6, 6.07) is 10.3. The van der Waals surface area contributed by atoms with Crippen molar-refractivity contribution in [3.8, 4) is 0 Å². The van der Waals surface area contributed by atoms with Gasteiger partial charge in [0, 0.05) is 35.9 Å². The van der Waals surface area contributed by atoms with Crippen LogP contribution in [0.25, 0.3) is 10.9 Å². The van der Waals surface area contributed by atoms with Crippen LogP contribution in [0.1, 0.15) is 18.5 Å². The highest BCUT2D eigenvalue weighted by atomic mass is 32.2. The molecule has 2 aromatic rings. The molecule has 0 atom stereocenters. The number of rotatable bonds is 3. The first-order valence-electron chi connectivity index (χ1n) is 7.51. The average Bonchev–Trinajstić information content (AvgIpc) is 2.45. The fraction of sp³-hybridized carbons (Fsp3) is 0.438. The molecule has 2 heterocycles. The lowest BCUT2D eigenvalue weighted by Crippen LogP contribution is -2.44. The molecule has 1 N–H and O–H groups in total. The molecule has 0 saturated carbocycles. The van der Waals surface area contributed by atoms with E-state index in [2.05, 4.69) is 26.7 Å². The molecule has 0 bridgehead atoms. The van der Waals surface area contributed by atoms with Crippen LogP contribution >= 0.6 is 0 Å². The number of fused-ring (bicyclic) bond motifs is 1. The van der Waals surface area contributed by atoms with Crippen LogP contribution in [0.15, 0.2) is 30.3 Å². The van der Waals surface area contributed by atoms with E-state index in [9.17, 15) is 8.42 Å². The number of para-hydroxylation sites is 1. The lowest BCUT2D eigenvalue weighted by Gasteiger charge is -2.34. The van der Waals surface area contributed by atoms with Gasteiger partial charge >= 0.3 is 0 Å². The predicted octanol–water partition coefficient (Wildman–Crippen LogP) is 2.06. The van der Waals surface area contributed by atoms with Crippen LogP contribution in [-0.4, -0.2) is 38.8 Å². The van der Waals surface area contributed by atoms with Crippen molar-refractivity contribution >= 4 is 26.6 Å². The molecular weight excluding hydrogens is 298 g/mol. The van der Waals surface area contributed by atoms with Gasteiger partial charge in [-0.15, -0.1) is 0 Å². The maximum absolute atomic E-state index is 11.3. The zero-order chi connectivity index (χ0) is 15.7. The summed E-state index contributed by atoms with van der Waals surface area (Å²) in [5.41, 5.74) is 3.21. The Balaban J connectivity index is 1.82. The summed E-state index contributed by atoms with van der Waals surface area (Å²) in [6.07, 6.45) is 2.87. The van der Waals surface area contributed by atoms with Gasteiger partial charge in [-0.1, -0.05) is 18.2 Å². The third-order valence-electron chi connectivity index (χ3n) is 4.04. The number of hydrogen-bond donors (Lipinski definition) is 1. The quantitative estimate of drug-likeness (QED) is 0.940. The molecule has 0 aliphatic carbocycles. The maximum Gasteiger partial charge on any atom is 0.208 e. The zero-order valence-electron chi connectivity index (χ0n) is 12.9. The van der Waals surface area contributed by atoms with E-state index in [1.807, 2.05) is 25.1 Å². The van der Waals surface area contributed by atoms with Gasteiger partial charge in [-0.2, -0.15) is 0 Å². The van der Waals surface area contributed by atoms with Crippen LogP contribution in [0, 0.1) is 6.92 Å². The molecule has 1 aromatic carbocycles. The number of sulfonamides is 1. The number of aromatic nitrogens is 1. The SMILES string of the molecule is Cc1cc(N2CCC(NS(C)(=O)=O)CC2)c2ccccc2n1. The van der Waals surface area contributed by atoms with Crippen LogP contribution < -0.4 is 9.62 Å². The van der Waals surface area contributed by atoms with Gasteiger partial charge in [0.2, 0.25) is 10.0 Å². The van der Waals surface area contributed by atoms with Gasteiger partial charge < -0.3 is 4.90 Å². The van der Waals surface area contributed by atoms with E-state index in [1.54, 1.807) is 0 Å². The topological polar surface area (TPSA) is 62.3 Å². The Hall–Kier alpha value is -1.66. The molecule has 1 aliphatic heterocycles.